The Hall–Kier alpha value is -2.63. The third-order valence-corrected chi connectivity index (χ3v) is 6.76. The number of carbonyl (C=O) groups is 1. The third kappa shape index (κ3) is 5.84. The summed E-state index contributed by atoms with van der Waals surface area (Å²) in [5.41, 5.74) is 5.62. The number of hydrogen-bond acceptors (Lipinski definition) is 3. The highest BCUT2D eigenvalue weighted by Crippen LogP contribution is 2.37. The van der Waals surface area contributed by atoms with Gasteiger partial charge >= 0.3 is 5.97 Å². The van der Waals surface area contributed by atoms with Gasteiger partial charge in [0.1, 0.15) is 12.3 Å². The van der Waals surface area contributed by atoms with Crippen LogP contribution in [0.2, 0.25) is 5.02 Å². The largest absolute Gasteiger partial charge is 0.480 e. The highest BCUT2D eigenvalue weighted by molar-refractivity contribution is 6.30. The minimum absolute atomic E-state index is 0.207. The van der Waals surface area contributed by atoms with Gasteiger partial charge in [-0.05, 0) is 61.6 Å². The zero-order valence-corrected chi connectivity index (χ0v) is 19.8. The minimum atomic E-state index is -0.904. The molecule has 1 saturated carbocycles. The molecule has 5 nitrogen and oxygen atoms in total. The number of carboxylic acid groups (broad SMARTS) is 1. The van der Waals surface area contributed by atoms with Crippen LogP contribution in [0.3, 0.4) is 0 Å². The molecule has 1 fully saturated rings. The molecule has 0 atom stereocenters. The molecule has 0 unspecified atom stereocenters. The van der Waals surface area contributed by atoms with Gasteiger partial charge in [-0.3, -0.25) is 4.68 Å². The topological polar surface area (TPSA) is 64.4 Å². The predicted octanol–water partition coefficient (Wildman–Crippen LogP) is 6.34. The van der Waals surface area contributed by atoms with E-state index in [-0.39, 0.29) is 6.61 Å². The lowest BCUT2D eigenvalue weighted by molar-refractivity contribution is -0.142. The van der Waals surface area contributed by atoms with Crippen LogP contribution in [0.1, 0.15) is 38.3 Å². The van der Waals surface area contributed by atoms with Gasteiger partial charge in [0.2, 0.25) is 0 Å². The molecule has 1 aliphatic rings. The Morgan fingerprint density at radius 2 is 1.76 bits per heavy atom. The van der Waals surface area contributed by atoms with Crippen LogP contribution in [0.15, 0.2) is 54.6 Å². The third-order valence-electron chi connectivity index (χ3n) is 6.53. The molecule has 2 aromatic carbocycles. The van der Waals surface area contributed by atoms with Crippen molar-refractivity contribution >= 4 is 17.6 Å². The molecule has 0 radical (unpaired) electrons. The predicted molar refractivity (Wildman–Crippen MR) is 131 cm³/mol. The number of aliphatic carboxylic acids is 1. The first kappa shape index (κ1) is 23.5. The van der Waals surface area contributed by atoms with Gasteiger partial charge in [-0.25, -0.2) is 4.79 Å². The van der Waals surface area contributed by atoms with Crippen LogP contribution >= 0.6 is 11.6 Å². The lowest BCUT2D eigenvalue weighted by Crippen LogP contribution is -2.23. The van der Waals surface area contributed by atoms with Gasteiger partial charge in [-0.1, -0.05) is 61.0 Å². The molecule has 0 saturated heterocycles. The van der Waals surface area contributed by atoms with E-state index in [1.165, 1.54) is 11.3 Å². The average Bonchev–Trinajstić information content (AvgIpc) is 3.18. The summed E-state index contributed by atoms with van der Waals surface area (Å²) in [6.07, 6.45) is 5.24. The molecular formula is C27H31ClN2O3. The smallest absolute Gasteiger partial charge is 0.329 e. The maximum atomic E-state index is 10.7. The number of carboxylic acids is 1. The Balaban J connectivity index is 1.56. The van der Waals surface area contributed by atoms with E-state index >= 15 is 0 Å². The van der Waals surface area contributed by atoms with Gasteiger partial charge in [0.15, 0.2) is 0 Å². The molecule has 6 heteroatoms. The van der Waals surface area contributed by atoms with Crippen molar-refractivity contribution in [2.45, 2.75) is 45.6 Å². The number of ether oxygens (including phenoxy) is 1. The van der Waals surface area contributed by atoms with Crippen molar-refractivity contribution in [2.24, 2.45) is 11.8 Å². The van der Waals surface area contributed by atoms with E-state index in [9.17, 15) is 4.79 Å². The second-order valence-corrected chi connectivity index (χ2v) is 9.31. The Kier molecular flexibility index (Phi) is 7.84. The molecule has 1 N–H and O–H groups in total. The second kappa shape index (κ2) is 11.0. The zero-order chi connectivity index (χ0) is 23.2. The van der Waals surface area contributed by atoms with Crippen molar-refractivity contribution in [3.05, 3.63) is 65.3 Å². The van der Waals surface area contributed by atoms with E-state index in [2.05, 4.69) is 41.9 Å². The minimum Gasteiger partial charge on any atom is -0.480 e. The van der Waals surface area contributed by atoms with Crippen molar-refractivity contribution < 1.29 is 14.6 Å². The van der Waals surface area contributed by atoms with Crippen LogP contribution in [0.5, 0.6) is 0 Å². The summed E-state index contributed by atoms with van der Waals surface area (Å²) in [6.45, 7) is 3.42. The summed E-state index contributed by atoms with van der Waals surface area (Å²) in [7, 11) is 0. The van der Waals surface area contributed by atoms with Gasteiger partial charge < -0.3 is 9.84 Å². The molecule has 0 bridgehead atoms. The number of aromatic nitrogens is 2. The number of halogens is 1. The maximum Gasteiger partial charge on any atom is 0.329 e. The molecule has 1 aromatic heterocycles. The fourth-order valence-electron chi connectivity index (χ4n) is 4.89. The van der Waals surface area contributed by atoms with Gasteiger partial charge in [0.25, 0.3) is 0 Å². The highest BCUT2D eigenvalue weighted by Gasteiger charge is 2.25. The van der Waals surface area contributed by atoms with Gasteiger partial charge in [-0.15, -0.1) is 0 Å². The number of hydrogen-bond donors (Lipinski definition) is 1. The number of nitrogens with zero attached hydrogens (tertiary/aromatic N) is 2. The SMILES string of the molecule is CCc1c(-c2cccc(Cl)c2)c(-c2ccccc2)nn1C[C@H]1CC[C@@H](COCC(=O)O)CC1. The van der Waals surface area contributed by atoms with Gasteiger partial charge in [0.05, 0.1) is 6.61 Å². The van der Waals surface area contributed by atoms with Crippen LogP contribution in [-0.4, -0.2) is 34.1 Å². The molecule has 174 valence electrons. The van der Waals surface area contributed by atoms with Crippen molar-refractivity contribution in [3.8, 4) is 22.4 Å². The first-order chi connectivity index (χ1) is 16.0. The normalized spacial score (nSPS) is 18.4. The Bertz CT molecular complexity index is 1070. The van der Waals surface area contributed by atoms with E-state index in [1.807, 2.05) is 24.3 Å². The Morgan fingerprint density at radius 3 is 2.42 bits per heavy atom. The summed E-state index contributed by atoms with van der Waals surface area (Å²) in [6, 6.07) is 18.4. The zero-order valence-electron chi connectivity index (χ0n) is 19.0. The molecule has 0 amide bonds. The molecule has 3 aromatic rings. The lowest BCUT2D eigenvalue weighted by atomic mass is 9.82. The number of rotatable bonds is 9. The van der Waals surface area contributed by atoms with Crippen LogP contribution in [-0.2, 0) is 22.5 Å². The van der Waals surface area contributed by atoms with Gasteiger partial charge in [0, 0.05) is 28.4 Å². The molecule has 33 heavy (non-hydrogen) atoms. The summed E-state index contributed by atoms with van der Waals surface area (Å²) < 4.78 is 7.54. The molecule has 1 heterocycles. The summed E-state index contributed by atoms with van der Waals surface area (Å²) in [4.78, 5) is 10.7. The Morgan fingerprint density at radius 1 is 1.06 bits per heavy atom. The maximum absolute atomic E-state index is 10.7. The van der Waals surface area contributed by atoms with E-state index < -0.39 is 5.97 Å². The summed E-state index contributed by atoms with van der Waals surface area (Å²) in [5, 5.41) is 14.6. The van der Waals surface area contributed by atoms with Crippen molar-refractivity contribution in [1.82, 2.24) is 9.78 Å². The fraction of sp³-hybridized carbons (Fsp3) is 0.407. The van der Waals surface area contributed by atoms with Gasteiger partial charge in [-0.2, -0.15) is 5.10 Å². The van der Waals surface area contributed by atoms with Crippen LogP contribution in [0, 0.1) is 11.8 Å². The standard InChI is InChI=1S/C27H31ClN2O3/c1-2-24-26(22-9-6-10-23(28)15-22)27(21-7-4-3-5-8-21)29-30(24)16-19-11-13-20(14-12-19)17-33-18-25(31)32/h3-10,15,19-20H,2,11-14,16-18H2,1H3,(H,31,32)/t19-,20+. The van der Waals surface area contributed by atoms with Crippen molar-refractivity contribution in [1.29, 1.82) is 0 Å². The van der Waals surface area contributed by atoms with Crippen molar-refractivity contribution in [3.63, 3.8) is 0 Å². The van der Waals surface area contributed by atoms with E-state index in [4.69, 9.17) is 26.5 Å². The monoisotopic (exact) mass is 466 g/mol. The first-order valence-corrected chi connectivity index (χ1v) is 12.1. The van der Waals surface area contributed by atoms with Crippen LogP contribution in [0.25, 0.3) is 22.4 Å². The Labute approximate surface area is 200 Å². The second-order valence-electron chi connectivity index (χ2n) is 8.88. The van der Waals surface area contributed by atoms with E-state index in [0.29, 0.717) is 18.4 Å². The molecule has 0 aliphatic heterocycles. The molecule has 0 spiro atoms. The first-order valence-electron chi connectivity index (χ1n) is 11.8. The highest BCUT2D eigenvalue weighted by atomic mass is 35.5. The number of benzene rings is 2. The summed E-state index contributed by atoms with van der Waals surface area (Å²) >= 11 is 6.35. The van der Waals surface area contributed by atoms with E-state index in [1.54, 1.807) is 0 Å². The van der Waals surface area contributed by atoms with Crippen LogP contribution in [0.4, 0.5) is 0 Å². The van der Waals surface area contributed by atoms with Crippen molar-refractivity contribution in [2.75, 3.05) is 13.2 Å². The molecular weight excluding hydrogens is 436 g/mol. The molecule has 4 rings (SSSR count). The summed E-state index contributed by atoms with van der Waals surface area (Å²) in [5.74, 6) is 0.103. The average molecular weight is 467 g/mol. The fourth-order valence-corrected chi connectivity index (χ4v) is 5.08. The lowest BCUT2D eigenvalue weighted by Gasteiger charge is -2.28. The van der Waals surface area contributed by atoms with Crippen LogP contribution < -0.4 is 0 Å². The van der Waals surface area contributed by atoms with E-state index in [0.717, 1.165) is 60.5 Å². The quantitative estimate of drug-likeness (QED) is 0.399. The molecule has 1 aliphatic carbocycles.